The summed E-state index contributed by atoms with van der Waals surface area (Å²) in [4.78, 5) is 28.1. The number of benzene rings is 1. The lowest BCUT2D eigenvalue weighted by Crippen LogP contribution is -2.25. The second-order valence-corrected chi connectivity index (χ2v) is 5.81. The maximum Gasteiger partial charge on any atom is 0.266 e. The zero-order valence-corrected chi connectivity index (χ0v) is 13.6. The second-order valence-electron chi connectivity index (χ2n) is 4.64. The van der Waals surface area contributed by atoms with Gasteiger partial charge in [0.05, 0.1) is 3.57 Å². The number of carbonyl (C=O) groups excluding carboxylic acids is 1. The van der Waals surface area contributed by atoms with E-state index in [1.807, 2.05) is 22.6 Å². The summed E-state index contributed by atoms with van der Waals surface area (Å²) < 4.78 is 14.9. The summed E-state index contributed by atoms with van der Waals surface area (Å²) in [6.07, 6.45) is 2.39. The monoisotopic (exact) mass is 400 g/mol. The molecule has 0 aliphatic carbocycles. The summed E-state index contributed by atoms with van der Waals surface area (Å²) in [5, 5.41) is 0. The molecular formula is C15H14FIN2O2. The molecule has 0 spiro atoms. The number of aryl methyl sites for hydroxylation is 1. The van der Waals surface area contributed by atoms with E-state index < -0.39 is 0 Å². The number of hydrogen-bond donors (Lipinski definition) is 0. The molecule has 0 fully saturated rings. The lowest BCUT2D eigenvalue weighted by Gasteiger charge is -2.09. The lowest BCUT2D eigenvalue weighted by atomic mass is 10.1. The van der Waals surface area contributed by atoms with Crippen molar-refractivity contribution < 1.29 is 9.18 Å². The summed E-state index contributed by atoms with van der Waals surface area (Å²) in [6, 6.07) is 5.49. The standard InChI is InChI=1S/C15H14FIN2O2/c1-10-18-9-13(17)15(21)19(10)8-2-3-14(20)11-4-6-12(16)7-5-11/h4-7,9H,2-3,8H2,1H3. The Kier molecular flexibility index (Phi) is 5.22. The average molecular weight is 400 g/mol. The molecule has 0 radical (unpaired) electrons. The predicted molar refractivity (Wildman–Crippen MR) is 85.9 cm³/mol. The number of Topliss-reactive ketones (excluding diaryl/α,β-unsaturated/α-hetero) is 1. The van der Waals surface area contributed by atoms with Gasteiger partial charge in [0.15, 0.2) is 5.78 Å². The van der Waals surface area contributed by atoms with E-state index >= 15 is 0 Å². The van der Waals surface area contributed by atoms with Crippen molar-refractivity contribution in [3.05, 3.63) is 61.6 Å². The number of hydrogen-bond acceptors (Lipinski definition) is 3. The summed E-state index contributed by atoms with van der Waals surface area (Å²) >= 11 is 1.95. The van der Waals surface area contributed by atoms with Crippen molar-refractivity contribution in [1.82, 2.24) is 9.55 Å². The van der Waals surface area contributed by atoms with Crippen LogP contribution < -0.4 is 5.56 Å². The number of nitrogens with zero attached hydrogens (tertiary/aromatic N) is 2. The summed E-state index contributed by atoms with van der Waals surface area (Å²) in [7, 11) is 0. The van der Waals surface area contributed by atoms with Crippen LogP contribution in [0.3, 0.4) is 0 Å². The molecule has 1 aromatic heterocycles. The van der Waals surface area contributed by atoms with Crippen molar-refractivity contribution >= 4 is 28.4 Å². The van der Waals surface area contributed by atoms with Crippen LogP contribution >= 0.6 is 22.6 Å². The smallest absolute Gasteiger partial charge is 0.266 e. The van der Waals surface area contributed by atoms with E-state index in [1.54, 1.807) is 17.7 Å². The van der Waals surface area contributed by atoms with Crippen LogP contribution in [0.4, 0.5) is 4.39 Å². The molecule has 2 rings (SSSR count). The molecule has 0 N–H and O–H groups in total. The highest BCUT2D eigenvalue weighted by Crippen LogP contribution is 2.08. The van der Waals surface area contributed by atoms with E-state index in [2.05, 4.69) is 4.98 Å². The van der Waals surface area contributed by atoms with Gasteiger partial charge >= 0.3 is 0 Å². The van der Waals surface area contributed by atoms with Crippen molar-refractivity contribution in [2.75, 3.05) is 0 Å². The topological polar surface area (TPSA) is 52.0 Å². The maximum atomic E-state index is 12.8. The Balaban J connectivity index is 1.99. The van der Waals surface area contributed by atoms with E-state index in [9.17, 15) is 14.0 Å². The van der Waals surface area contributed by atoms with Gasteiger partial charge in [0.25, 0.3) is 5.56 Å². The van der Waals surface area contributed by atoms with E-state index in [4.69, 9.17) is 0 Å². The van der Waals surface area contributed by atoms with Crippen LogP contribution in [0.15, 0.2) is 35.3 Å². The Labute approximate surface area is 135 Å². The summed E-state index contributed by atoms with van der Waals surface area (Å²) in [5.74, 6) is 0.215. The van der Waals surface area contributed by atoms with Gasteiger partial charge in [-0.15, -0.1) is 0 Å². The first-order valence-electron chi connectivity index (χ1n) is 6.50. The molecule has 0 atom stereocenters. The molecule has 0 aliphatic rings. The van der Waals surface area contributed by atoms with Gasteiger partial charge in [-0.2, -0.15) is 0 Å². The molecule has 2 aromatic rings. The second kappa shape index (κ2) is 6.93. The predicted octanol–water partition coefficient (Wildman–Crippen LogP) is 2.96. The highest BCUT2D eigenvalue weighted by atomic mass is 127. The van der Waals surface area contributed by atoms with Gasteiger partial charge in [0.1, 0.15) is 11.6 Å². The molecular weight excluding hydrogens is 386 g/mol. The van der Waals surface area contributed by atoms with E-state index in [-0.39, 0.29) is 17.2 Å². The van der Waals surface area contributed by atoms with Gasteiger partial charge < -0.3 is 0 Å². The Morgan fingerprint density at radius 2 is 2.00 bits per heavy atom. The fraction of sp³-hybridized carbons (Fsp3) is 0.267. The minimum Gasteiger partial charge on any atom is -0.296 e. The normalized spacial score (nSPS) is 10.6. The largest absolute Gasteiger partial charge is 0.296 e. The van der Waals surface area contributed by atoms with Gasteiger partial charge in [0, 0.05) is 24.7 Å². The minimum absolute atomic E-state index is 0.0562. The third-order valence-electron chi connectivity index (χ3n) is 3.16. The quantitative estimate of drug-likeness (QED) is 0.573. The van der Waals surface area contributed by atoms with E-state index in [1.165, 1.54) is 24.3 Å². The Bertz CT molecular complexity index is 711. The number of carbonyl (C=O) groups is 1. The Morgan fingerprint density at radius 3 is 2.67 bits per heavy atom. The molecule has 1 heterocycles. The minimum atomic E-state index is -0.362. The molecule has 110 valence electrons. The Hall–Kier alpha value is -1.57. The molecule has 0 unspecified atom stereocenters. The van der Waals surface area contributed by atoms with Crippen molar-refractivity contribution in [3.8, 4) is 0 Å². The third-order valence-corrected chi connectivity index (χ3v) is 3.90. The molecule has 1 aromatic carbocycles. The van der Waals surface area contributed by atoms with Crippen molar-refractivity contribution in [2.24, 2.45) is 0 Å². The molecule has 4 nitrogen and oxygen atoms in total. The van der Waals surface area contributed by atoms with Crippen molar-refractivity contribution in [2.45, 2.75) is 26.3 Å². The molecule has 21 heavy (non-hydrogen) atoms. The first-order valence-corrected chi connectivity index (χ1v) is 7.57. The van der Waals surface area contributed by atoms with Gasteiger partial charge in [0.2, 0.25) is 0 Å². The van der Waals surface area contributed by atoms with Gasteiger partial charge in [-0.1, -0.05) is 0 Å². The number of halogens is 2. The lowest BCUT2D eigenvalue weighted by molar-refractivity contribution is 0.0978. The van der Waals surface area contributed by atoms with Crippen LogP contribution in [0, 0.1) is 16.3 Å². The van der Waals surface area contributed by atoms with Crippen LogP contribution in [0.1, 0.15) is 29.0 Å². The summed E-state index contributed by atoms with van der Waals surface area (Å²) in [6.45, 7) is 2.21. The summed E-state index contributed by atoms with van der Waals surface area (Å²) in [5.41, 5.74) is 0.401. The molecule has 0 bridgehead atoms. The maximum absolute atomic E-state index is 12.8. The van der Waals surface area contributed by atoms with Gasteiger partial charge in [-0.25, -0.2) is 9.37 Å². The zero-order chi connectivity index (χ0) is 15.4. The highest BCUT2D eigenvalue weighted by molar-refractivity contribution is 14.1. The van der Waals surface area contributed by atoms with Crippen LogP contribution in [0.2, 0.25) is 0 Å². The average Bonchev–Trinajstić information content (AvgIpc) is 2.47. The van der Waals surface area contributed by atoms with Crippen LogP contribution in [0.5, 0.6) is 0 Å². The van der Waals surface area contributed by atoms with Crippen molar-refractivity contribution in [3.63, 3.8) is 0 Å². The molecule has 0 saturated carbocycles. The van der Waals surface area contributed by atoms with Crippen molar-refractivity contribution in [1.29, 1.82) is 0 Å². The fourth-order valence-corrected chi connectivity index (χ4v) is 2.42. The first-order chi connectivity index (χ1) is 9.99. The van der Waals surface area contributed by atoms with Crippen LogP contribution in [0.25, 0.3) is 0 Å². The third kappa shape index (κ3) is 3.96. The molecule has 0 aliphatic heterocycles. The zero-order valence-electron chi connectivity index (χ0n) is 11.5. The Morgan fingerprint density at radius 1 is 1.33 bits per heavy atom. The number of ketones is 1. The van der Waals surface area contributed by atoms with Crippen LogP contribution in [-0.4, -0.2) is 15.3 Å². The van der Waals surface area contributed by atoms with E-state index in [0.29, 0.717) is 34.3 Å². The molecule has 6 heteroatoms. The van der Waals surface area contributed by atoms with Crippen LogP contribution in [-0.2, 0) is 6.54 Å². The van der Waals surface area contributed by atoms with E-state index in [0.717, 1.165) is 0 Å². The first kappa shape index (κ1) is 15.8. The number of rotatable bonds is 5. The fourth-order valence-electron chi connectivity index (χ4n) is 1.99. The number of aromatic nitrogens is 2. The highest BCUT2D eigenvalue weighted by Gasteiger charge is 2.08. The SMILES string of the molecule is Cc1ncc(I)c(=O)n1CCCC(=O)c1ccc(F)cc1. The molecule has 0 amide bonds. The van der Waals surface area contributed by atoms with Gasteiger partial charge in [-0.05, 0) is 60.2 Å². The van der Waals surface area contributed by atoms with Gasteiger partial charge in [-0.3, -0.25) is 14.2 Å². The molecule has 0 saturated heterocycles.